The standard InChI is InChI=1S/C11H17N3OS/c1-3-5-13-10(15)8-12-6-9-7-14-11(4-2)16-9/h3,7,12H,1,4-6,8H2,2H3,(H,13,15). The summed E-state index contributed by atoms with van der Waals surface area (Å²) in [5.41, 5.74) is 0. The van der Waals surface area contributed by atoms with Crippen molar-refractivity contribution in [2.75, 3.05) is 13.1 Å². The van der Waals surface area contributed by atoms with Gasteiger partial charge in [0.15, 0.2) is 0 Å². The van der Waals surface area contributed by atoms with E-state index in [4.69, 9.17) is 0 Å². The van der Waals surface area contributed by atoms with Crippen molar-refractivity contribution in [3.63, 3.8) is 0 Å². The van der Waals surface area contributed by atoms with Gasteiger partial charge in [0.2, 0.25) is 5.91 Å². The smallest absolute Gasteiger partial charge is 0.234 e. The summed E-state index contributed by atoms with van der Waals surface area (Å²) in [7, 11) is 0. The van der Waals surface area contributed by atoms with Crippen LogP contribution in [0.5, 0.6) is 0 Å². The third-order valence-electron chi connectivity index (χ3n) is 1.93. The lowest BCUT2D eigenvalue weighted by Crippen LogP contribution is -2.33. The maximum absolute atomic E-state index is 11.2. The van der Waals surface area contributed by atoms with Crippen molar-refractivity contribution < 1.29 is 4.79 Å². The Bertz CT molecular complexity index is 349. The number of hydrogen-bond donors (Lipinski definition) is 2. The van der Waals surface area contributed by atoms with Crippen molar-refractivity contribution in [2.45, 2.75) is 19.9 Å². The van der Waals surface area contributed by atoms with Crippen LogP contribution in [0.2, 0.25) is 0 Å². The highest BCUT2D eigenvalue weighted by Crippen LogP contribution is 2.12. The van der Waals surface area contributed by atoms with Gasteiger partial charge < -0.3 is 10.6 Å². The molecule has 0 saturated heterocycles. The number of thiazole rings is 1. The predicted octanol–water partition coefficient (Wildman–Crippen LogP) is 1.10. The van der Waals surface area contributed by atoms with E-state index in [0.29, 0.717) is 19.6 Å². The molecule has 0 fully saturated rings. The minimum absolute atomic E-state index is 0.0138. The van der Waals surface area contributed by atoms with Crippen LogP contribution in [0.25, 0.3) is 0 Å². The normalized spacial score (nSPS) is 10.1. The van der Waals surface area contributed by atoms with Crippen LogP contribution in [-0.2, 0) is 17.8 Å². The lowest BCUT2D eigenvalue weighted by molar-refractivity contribution is -0.120. The third kappa shape index (κ3) is 4.55. The van der Waals surface area contributed by atoms with Crippen LogP contribution < -0.4 is 10.6 Å². The fraction of sp³-hybridized carbons (Fsp3) is 0.455. The van der Waals surface area contributed by atoms with E-state index < -0.39 is 0 Å². The number of hydrogen-bond acceptors (Lipinski definition) is 4. The molecule has 0 aliphatic rings. The first-order chi connectivity index (χ1) is 7.76. The van der Waals surface area contributed by atoms with E-state index >= 15 is 0 Å². The molecule has 0 aliphatic heterocycles. The number of aryl methyl sites for hydroxylation is 1. The summed E-state index contributed by atoms with van der Waals surface area (Å²) in [6.07, 6.45) is 4.48. The summed E-state index contributed by atoms with van der Waals surface area (Å²) in [6.45, 7) is 7.15. The first kappa shape index (κ1) is 12.9. The van der Waals surface area contributed by atoms with Gasteiger partial charge in [0.1, 0.15) is 0 Å². The van der Waals surface area contributed by atoms with Crippen molar-refractivity contribution in [3.05, 3.63) is 28.7 Å². The van der Waals surface area contributed by atoms with Crippen molar-refractivity contribution in [2.24, 2.45) is 0 Å². The number of nitrogens with zero attached hydrogens (tertiary/aromatic N) is 1. The average Bonchev–Trinajstić information content (AvgIpc) is 2.74. The molecule has 0 aromatic carbocycles. The quantitative estimate of drug-likeness (QED) is 0.701. The Kier molecular flexibility index (Phi) is 5.74. The topological polar surface area (TPSA) is 54.0 Å². The Morgan fingerprint density at radius 2 is 2.50 bits per heavy atom. The lowest BCUT2D eigenvalue weighted by Gasteiger charge is -2.02. The van der Waals surface area contributed by atoms with Crippen LogP contribution in [0.3, 0.4) is 0 Å². The number of rotatable bonds is 7. The van der Waals surface area contributed by atoms with Gasteiger partial charge in [-0.05, 0) is 6.42 Å². The van der Waals surface area contributed by atoms with E-state index in [1.807, 2.05) is 6.20 Å². The van der Waals surface area contributed by atoms with Gasteiger partial charge in [-0.3, -0.25) is 4.79 Å². The van der Waals surface area contributed by atoms with E-state index in [0.717, 1.165) is 16.3 Å². The minimum Gasteiger partial charge on any atom is -0.352 e. The first-order valence-electron chi connectivity index (χ1n) is 5.28. The summed E-state index contributed by atoms with van der Waals surface area (Å²) in [5, 5.41) is 6.91. The molecule has 1 rings (SSSR count). The molecule has 0 unspecified atom stereocenters. The van der Waals surface area contributed by atoms with Gasteiger partial charge >= 0.3 is 0 Å². The van der Waals surface area contributed by atoms with E-state index in [1.165, 1.54) is 0 Å². The highest BCUT2D eigenvalue weighted by atomic mass is 32.1. The van der Waals surface area contributed by atoms with Crippen molar-refractivity contribution in [1.82, 2.24) is 15.6 Å². The first-order valence-corrected chi connectivity index (χ1v) is 6.09. The van der Waals surface area contributed by atoms with E-state index in [1.54, 1.807) is 17.4 Å². The van der Waals surface area contributed by atoms with Gasteiger partial charge in [0, 0.05) is 24.2 Å². The Morgan fingerprint density at radius 3 is 3.12 bits per heavy atom. The van der Waals surface area contributed by atoms with Gasteiger partial charge in [0.05, 0.1) is 11.6 Å². The number of carbonyl (C=O) groups excluding carboxylic acids is 1. The van der Waals surface area contributed by atoms with Crippen LogP contribution in [0.15, 0.2) is 18.9 Å². The lowest BCUT2D eigenvalue weighted by atomic mass is 10.5. The van der Waals surface area contributed by atoms with Crippen molar-refractivity contribution in [1.29, 1.82) is 0 Å². The molecule has 1 aromatic heterocycles. The second-order valence-electron chi connectivity index (χ2n) is 3.27. The molecule has 2 N–H and O–H groups in total. The van der Waals surface area contributed by atoms with Crippen LogP contribution >= 0.6 is 11.3 Å². The number of nitrogens with one attached hydrogen (secondary N) is 2. The fourth-order valence-electron chi connectivity index (χ4n) is 1.14. The van der Waals surface area contributed by atoms with Crippen molar-refractivity contribution >= 4 is 17.2 Å². The van der Waals surface area contributed by atoms with Crippen LogP contribution in [0, 0.1) is 0 Å². The zero-order valence-corrected chi connectivity index (χ0v) is 10.3. The maximum atomic E-state index is 11.2. The molecular formula is C11H17N3OS. The molecule has 0 saturated carbocycles. The zero-order valence-electron chi connectivity index (χ0n) is 9.45. The van der Waals surface area contributed by atoms with Gasteiger partial charge in [-0.15, -0.1) is 17.9 Å². The summed E-state index contributed by atoms with van der Waals surface area (Å²) < 4.78 is 0. The highest BCUT2D eigenvalue weighted by Gasteiger charge is 2.01. The Labute approximate surface area is 99.8 Å². The minimum atomic E-state index is -0.0138. The molecule has 1 amide bonds. The zero-order chi connectivity index (χ0) is 11.8. The van der Waals surface area contributed by atoms with E-state index in [2.05, 4.69) is 29.1 Å². The predicted molar refractivity (Wildman–Crippen MR) is 66.4 cm³/mol. The number of carbonyl (C=O) groups is 1. The molecular weight excluding hydrogens is 222 g/mol. The molecule has 88 valence electrons. The average molecular weight is 239 g/mol. The molecule has 1 aromatic rings. The molecule has 0 atom stereocenters. The Hall–Kier alpha value is -1.20. The summed E-state index contributed by atoms with van der Waals surface area (Å²) >= 11 is 1.68. The maximum Gasteiger partial charge on any atom is 0.234 e. The fourth-order valence-corrected chi connectivity index (χ4v) is 1.97. The number of aromatic nitrogens is 1. The Balaban J connectivity index is 2.19. The monoisotopic (exact) mass is 239 g/mol. The molecule has 4 nitrogen and oxygen atoms in total. The summed E-state index contributed by atoms with van der Waals surface area (Å²) in [5.74, 6) is -0.0138. The van der Waals surface area contributed by atoms with E-state index in [-0.39, 0.29) is 5.91 Å². The molecule has 0 aliphatic carbocycles. The summed E-state index contributed by atoms with van der Waals surface area (Å²) in [4.78, 5) is 16.6. The Morgan fingerprint density at radius 1 is 1.69 bits per heavy atom. The third-order valence-corrected chi connectivity index (χ3v) is 3.07. The van der Waals surface area contributed by atoms with E-state index in [9.17, 15) is 4.79 Å². The van der Waals surface area contributed by atoms with Gasteiger partial charge in [-0.25, -0.2) is 4.98 Å². The van der Waals surface area contributed by atoms with Crippen LogP contribution in [-0.4, -0.2) is 24.0 Å². The van der Waals surface area contributed by atoms with Gasteiger partial charge in [-0.1, -0.05) is 13.0 Å². The summed E-state index contributed by atoms with van der Waals surface area (Å²) in [6, 6.07) is 0. The second-order valence-corrected chi connectivity index (χ2v) is 4.47. The molecule has 0 bridgehead atoms. The van der Waals surface area contributed by atoms with Crippen LogP contribution in [0.4, 0.5) is 0 Å². The van der Waals surface area contributed by atoms with Crippen LogP contribution in [0.1, 0.15) is 16.8 Å². The molecule has 1 heterocycles. The largest absolute Gasteiger partial charge is 0.352 e. The highest BCUT2D eigenvalue weighted by molar-refractivity contribution is 7.11. The molecule has 16 heavy (non-hydrogen) atoms. The number of amides is 1. The molecule has 5 heteroatoms. The SMILES string of the molecule is C=CCNC(=O)CNCc1cnc(CC)s1. The van der Waals surface area contributed by atoms with Gasteiger partial charge in [0.25, 0.3) is 0 Å². The van der Waals surface area contributed by atoms with Gasteiger partial charge in [-0.2, -0.15) is 0 Å². The molecule has 0 spiro atoms. The second kappa shape index (κ2) is 7.14. The van der Waals surface area contributed by atoms with Crippen molar-refractivity contribution in [3.8, 4) is 0 Å². The molecule has 0 radical (unpaired) electrons.